The molecule has 1 saturated heterocycles. The van der Waals surface area contributed by atoms with Gasteiger partial charge in [-0.15, -0.1) is 0 Å². The van der Waals surface area contributed by atoms with Gasteiger partial charge in [-0.2, -0.15) is 0 Å². The maximum Gasteiger partial charge on any atom is 0.150 e. The zero-order valence-electron chi connectivity index (χ0n) is 8.12. The van der Waals surface area contributed by atoms with Crippen LogP contribution in [0.3, 0.4) is 0 Å². The molecule has 0 amide bonds. The standard InChI is InChI=1S/C10H14ClN3/c11-9-7-12-8-13-10(9)14-5-3-1-2-4-6-14/h7-8H,1-6H2. The molecule has 0 spiro atoms. The summed E-state index contributed by atoms with van der Waals surface area (Å²) in [5.41, 5.74) is 0. The van der Waals surface area contributed by atoms with Crippen LogP contribution in [0.2, 0.25) is 5.02 Å². The Balaban J connectivity index is 2.16. The van der Waals surface area contributed by atoms with E-state index in [0.717, 1.165) is 18.9 Å². The highest BCUT2D eigenvalue weighted by atomic mass is 35.5. The average Bonchev–Trinajstić information content (AvgIpc) is 2.47. The number of hydrogen-bond donors (Lipinski definition) is 0. The zero-order valence-corrected chi connectivity index (χ0v) is 8.87. The highest BCUT2D eigenvalue weighted by Gasteiger charge is 2.13. The van der Waals surface area contributed by atoms with E-state index >= 15 is 0 Å². The van der Waals surface area contributed by atoms with Crippen LogP contribution in [0.25, 0.3) is 0 Å². The Hall–Kier alpha value is -0.830. The van der Waals surface area contributed by atoms with Gasteiger partial charge in [0.05, 0.1) is 6.20 Å². The highest BCUT2D eigenvalue weighted by Crippen LogP contribution is 2.23. The molecule has 0 bridgehead atoms. The molecule has 14 heavy (non-hydrogen) atoms. The SMILES string of the molecule is Clc1cncnc1N1CCCCCC1. The second-order valence-electron chi connectivity index (χ2n) is 3.60. The minimum Gasteiger partial charge on any atom is -0.355 e. The quantitative estimate of drug-likeness (QED) is 0.715. The summed E-state index contributed by atoms with van der Waals surface area (Å²) >= 11 is 6.04. The van der Waals surface area contributed by atoms with E-state index in [1.54, 1.807) is 12.5 Å². The van der Waals surface area contributed by atoms with Gasteiger partial charge in [-0.25, -0.2) is 9.97 Å². The Morgan fingerprint density at radius 2 is 1.86 bits per heavy atom. The molecule has 2 heterocycles. The molecule has 0 aliphatic carbocycles. The molecule has 0 unspecified atom stereocenters. The predicted molar refractivity (Wildman–Crippen MR) is 57.7 cm³/mol. The largest absolute Gasteiger partial charge is 0.355 e. The van der Waals surface area contributed by atoms with Crippen LogP contribution in [0, 0.1) is 0 Å². The number of anilines is 1. The van der Waals surface area contributed by atoms with Gasteiger partial charge >= 0.3 is 0 Å². The molecule has 2 rings (SSSR count). The van der Waals surface area contributed by atoms with Gasteiger partial charge in [-0.05, 0) is 12.8 Å². The van der Waals surface area contributed by atoms with E-state index in [1.165, 1.54) is 25.7 Å². The molecule has 4 heteroatoms. The van der Waals surface area contributed by atoms with Crippen molar-refractivity contribution in [3.63, 3.8) is 0 Å². The van der Waals surface area contributed by atoms with Crippen molar-refractivity contribution in [3.05, 3.63) is 17.5 Å². The van der Waals surface area contributed by atoms with Crippen LogP contribution >= 0.6 is 11.6 Å². The van der Waals surface area contributed by atoms with Crippen molar-refractivity contribution in [1.82, 2.24) is 9.97 Å². The van der Waals surface area contributed by atoms with E-state index in [4.69, 9.17) is 11.6 Å². The first kappa shape index (κ1) is 9.71. The summed E-state index contributed by atoms with van der Waals surface area (Å²) in [6.07, 6.45) is 8.33. The third kappa shape index (κ3) is 2.15. The van der Waals surface area contributed by atoms with Crippen LogP contribution in [0.4, 0.5) is 5.82 Å². The summed E-state index contributed by atoms with van der Waals surface area (Å²) < 4.78 is 0. The maximum atomic E-state index is 6.04. The number of nitrogens with zero attached hydrogens (tertiary/aromatic N) is 3. The lowest BCUT2D eigenvalue weighted by atomic mass is 10.2. The molecule has 1 aliphatic heterocycles. The van der Waals surface area contributed by atoms with E-state index < -0.39 is 0 Å². The number of aromatic nitrogens is 2. The van der Waals surface area contributed by atoms with Crippen molar-refractivity contribution in [1.29, 1.82) is 0 Å². The van der Waals surface area contributed by atoms with E-state index in [9.17, 15) is 0 Å². The second-order valence-corrected chi connectivity index (χ2v) is 4.00. The summed E-state index contributed by atoms with van der Waals surface area (Å²) in [6.45, 7) is 2.13. The molecule has 0 radical (unpaired) electrons. The van der Waals surface area contributed by atoms with Gasteiger partial charge in [0, 0.05) is 13.1 Å². The van der Waals surface area contributed by atoms with Crippen LogP contribution in [-0.4, -0.2) is 23.1 Å². The van der Waals surface area contributed by atoms with Crippen LogP contribution in [0.5, 0.6) is 0 Å². The van der Waals surface area contributed by atoms with E-state index in [0.29, 0.717) is 5.02 Å². The fourth-order valence-electron chi connectivity index (χ4n) is 1.82. The predicted octanol–water partition coefficient (Wildman–Crippen LogP) is 2.51. The Bertz CT molecular complexity index is 295. The van der Waals surface area contributed by atoms with Gasteiger partial charge in [0.1, 0.15) is 11.3 Å². The monoisotopic (exact) mass is 211 g/mol. The summed E-state index contributed by atoms with van der Waals surface area (Å²) in [7, 11) is 0. The molecule has 1 fully saturated rings. The summed E-state index contributed by atoms with van der Waals surface area (Å²) in [5, 5.41) is 0.661. The van der Waals surface area contributed by atoms with Gasteiger partial charge in [0.15, 0.2) is 5.82 Å². The fourth-order valence-corrected chi connectivity index (χ4v) is 2.05. The number of hydrogen-bond acceptors (Lipinski definition) is 3. The van der Waals surface area contributed by atoms with Gasteiger partial charge in [0.25, 0.3) is 0 Å². The van der Waals surface area contributed by atoms with E-state index in [-0.39, 0.29) is 0 Å². The smallest absolute Gasteiger partial charge is 0.150 e. The normalized spacial score (nSPS) is 17.9. The molecule has 1 aromatic heterocycles. The molecule has 0 saturated carbocycles. The molecule has 76 valence electrons. The van der Waals surface area contributed by atoms with E-state index in [2.05, 4.69) is 14.9 Å². The van der Waals surface area contributed by atoms with Crippen molar-refractivity contribution in [3.8, 4) is 0 Å². The molecule has 0 N–H and O–H groups in total. The number of rotatable bonds is 1. The minimum absolute atomic E-state index is 0.661. The van der Waals surface area contributed by atoms with Crippen LogP contribution in [0.15, 0.2) is 12.5 Å². The van der Waals surface area contributed by atoms with Crippen molar-refractivity contribution in [2.75, 3.05) is 18.0 Å². The zero-order chi connectivity index (χ0) is 9.80. The van der Waals surface area contributed by atoms with Gasteiger partial charge < -0.3 is 4.90 Å². The summed E-state index contributed by atoms with van der Waals surface area (Å²) in [4.78, 5) is 10.4. The molecular formula is C10H14ClN3. The fraction of sp³-hybridized carbons (Fsp3) is 0.600. The first-order valence-electron chi connectivity index (χ1n) is 5.08. The second kappa shape index (κ2) is 4.60. The molecule has 3 nitrogen and oxygen atoms in total. The summed E-state index contributed by atoms with van der Waals surface area (Å²) in [6, 6.07) is 0. The Morgan fingerprint density at radius 1 is 1.14 bits per heavy atom. The number of halogens is 1. The lowest BCUT2D eigenvalue weighted by molar-refractivity contribution is 0.726. The summed E-state index contributed by atoms with van der Waals surface area (Å²) in [5.74, 6) is 0.892. The minimum atomic E-state index is 0.661. The highest BCUT2D eigenvalue weighted by molar-refractivity contribution is 6.32. The molecule has 1 aromatic rings. The molecule has 1 aliphatic rings. The Labute approximate surface area is 89.1 Å². The van der Waals surface area contributed by atoms with Crippen LogP contribution in [0.1, 0.15) is 25.7 Å². The average molecular weight is 212 g/mol. The maximum absolute atomic E-state index is 6.04. The van der Waals surface area contributed by atoms with E-state index in [1.807, 2.05) is 0 Å². The van der Waals surface area contributed by atoms with Crippen molar-refractivity contribution >= 4 is 17.4 Å². The topological polar surface area (TPSA) is 29.0 Å². The third-order valence-corrected chi connectivity index (χ3v) is 2.82. The lowest BCUT2D eigenvalue weighted by Gasteiger charge is -2.21. The van der Waals surface area contributed by atoms with Crippen molar-refractivity contribution in [2.45, 2.75) is 25.7 Å². The van der Waals surface area contributed by atoms with Gasteiger partial charge in [-0.3, -0.25) is 0 Å². The van der Waals surface area contributed by atoms with Crippen LogP contribution in [-0.2, 0) is 0 Å². The molecule has 0 atom stereocenters. The van der Waals surface area contributed by atoms with Crippen LogP contribution < -0.4 is 4.90 Å². The Kier molecular flexibility index (Phi) is 3.19. The molecule has 0 aromatic carbocycles. The van der Waals surface area contributed by atoms with Gasteiger partial charge in [-0.1, -0.05) is 24.4 Å². The Morgan fingerprint density at radius 3 is 2.50 bits per heavy atom. The third-order valence-electron chi connectivity index (χ3n) is 2.55. The van der Waals surface area contributed by atoms with Gasteiger partial charge in [0.2, 0.25) is 0 Å². The lowest BCUT2D eigenvalue weighted by Crippen LogP contribution is -2.25. The van der Waals surface area contributed by atoms with Crippen molar-refractivity contribution in [2.24, 2.45) is 0 Å². The van der Waals surface area contributed by atoms with Crippen molar-refractivity contribution < 1.29 is 0 Å². The molecular weight excluding hydrogens is 198 g/mol. The first-order valence-corrected chi connectivity index (χ1v) is 5.46. The first-order chi connectivity index (χ1) is 6.88.